The largest absolute Gasteiger partial charge is 0.306 e. The van der Waals surface area contributed by atoms with Crippen LogP contribution in [-0.4, -0.2) is 28.5 Å². The summed E-state index contributed by atoms with van der Waals surface area (Å²) in [6, 6.07) is 12.3. The van der Waals surface area contributed by atoms with Gasteiger partial charge in [-0.15, -0.1) is 0 Å². The van der Waals surface area contributed by atoms with Crippen LogP contribution in [0.2, 0.25) is 5.02 Å². The highest BCUT2D eigenvalue weighted by atomic mass is 35.5. The normalized spacial score (nSPS) is 26.9. The Morgan fingerprint density at radius 2 is 1.93 bits per heavy atom. The number of amides is 1. The lowest BCUT2D eigenvalue weighted by Crippen LogP contribution is -2.40. The van der Waals surface area contributed by atoms with E-state index in [0.717, 1.165) is 35.2 Å². The second-order valence-electron chi connectivity index (χ2n) is 8.54. The Morgan fingerprint density at radius 3 is 2.79 bits per heavy atom. The number of hydrogen-bond donors (Lipinski definition) is 1. The van der Waals surface area contributed by atoms with E-state index in [-0.39, 0.29) is 11.8 Å². The molecule has 1 amide bonds. The van der Waals surface area contributed by atoms with Gasteiger partial charge in [-0.3, -0.25) is 4.79 Å². The highest BCUT2D eigenvalue weighted by molar-refractivity contribution is 6.33. The Bertz CT molecular complexity index is 933. The van der Waals surface area contributed by atoms with Crippen molar-refractivity contribution in [1.29, 1.82) is 0 Å². The maximum absolute atomic E-state index is 13.1. The summed E-state index contributed by atoms with van der Waals surface area (Å²) >= 11 is 6.35. The van der Waals surface area contributed by atoms with Crippen molar-refractivity contribution < 1.29 is 4.79 Å². The van der Waals surface area contributed by atoms with Crippen molar-refractivity contribution in [3.8, 4) is 0 Å². The Hall–Kier alpha value is -2.11. The Morgan fingerprint density at radius 1 is 1.10 bits per heavy atom. The van der Waals surface area contributed by atoms with Crippen molar-refractivity contribution in [2.45, 2.75) is 57.5 Å². The second-order valence-corrected chi connectivity index (χ2v) is 8.95. The molecule has 2 aliphatic heterocycles. The third-order valence-corrected chi connectivity index (χ3v) is 7.12. The van der Waals surface area contributed by atoms with E-state index in [1.165, 1.54) is 32.1 Å². The van der Waals surface area contributed by atoms with Crippen LogP contribution in [-0.2, 0) is 11.3 Å². The third-order valence-electron chi connectivity index (χ3n) is 6.80. The Labute approximate surface area is 177 Å². The molecule has 1 N–H and O–H groups in total. The summed E-state index contributed by atoms with van der Waals surface area (Å²) in [4.78, 5) is 19.7. The van der Waals surface area contributed by atoms with Crippen LogP contribution >= 0.6 is 11.6 Å². The number of benzene rings is 1. The molecule has 152 valence electrons. The van der Waals surface area contributed by atoms with Crippen molar-refractivity contribution in [1.82, 2.24) is 9.99 Å². The number of nitrogens with zero attached hydrogens (tertiary/aromatic N) is 3. The number of anilines is 2. The highest BCUT2D eigenvalue weighted by Crippen LogP contribution is 2.37. The summed E-state index contributed by atoms with van der Waals surface area (Å²) in [5, 5.41) is 2.98. The van der Waals surface area contributed by atoms with E-state index >= 15 is 0 Å². The van der Waals surface area contributed by atoms with Crippen LogP contribution in [0.25, 0.3) is 0 Å². The molecule has 3 heterocycles. The summed E-state index contributed by atoms with van der Waals surface area (Å²) in [6.07, 6.45) is 6.58. The molecule has 1 aliphatic carbocycles. The van der Waals surface area contributed by atoms with Crippen LogP contribution in [0.5, 0.6) is 0 Å². The number of halogens is 1. The molecule has 3 atom stereocenters. The zero-order valence-electron chi connectivity index (χ0n) is 16.8. The average Bonchev–Trinajstić information content (AvgIpc) is 3.14. The molecule has 1 aromatic heterocycles. The van der Waals surface area contributed by atoms with Gasteiger partial charge in [-0.2, -0.15) is 0 Å². The fourth-order valence-electron chi connectivity index (χ4n) is 5.24. The number of carbonyl (C=O) groups excluding carboxylic acids is 1. The van der Waals surface area contributed by atoms with Gasteiger partial charge in [-0.1, -0.05) is 42.6 Å². The van der Waals surface area contributed by atoms with Crippen molar-refractivity contribution in [3.05, 3.63) is 52.7 Å². The summed E-state index contributed by atoms with van der Waals surface area (Å²) < 4.78 is 0. The van der Waals surface area contributed by atoms with E-state index in [9.17, 15) is 4.79 Å². The van der Waals surface area contributed by atoms with Gasteiger partial charge in [0.25, 0.3) is 0 Å². The molecule has 29 heavy (non-hydrogen) atoms. The molecule has 0 bridgehead atoms. The number of pyridine rings is 1. The van der Waals surface area contributed by atoms with Crippen LogP contribution in [0, 0.1) is 5.92 Å². The fraction of sp³-hybridized carbons (Fsp3) is 0.478. The Kier molecular flexibility index (Phi) is 4.96. The van der Waals surface area contributed by atoms with E-state index < -0.39 is 0 Å². The second kappa shape index (κ2) is 7.62. The van der Waals surface area contributed by atoms with E-state index in [4.69, 9.17) is 16.6 Å². The average molecular weight is 411 g/mol. The van der Waals surface area contributed by atoms with Crippen LogP contribution in [0.15, 0.2) is 36.4 Å². The first-order valence-corrected chi connectivity index (χ1v) is 11.1. The molecule has 0 spiro atoms. The molecule has 3 unspecified atom stereocenters. The number of para-hydroxylation sites is 1. The van der Waals surface area contributed by atoms with Crippen LogP contribution in [0.1, 0.15) is 56.2 Å². The van der Waals surface area contributed by atoms with E-state index in [2.05, 4.69) is 16.5 Å². The molecule has 3 aliphatic rings. The van der Waals surface area contributed by atoms with Gasteiger partial charge in [0.15, 0.2) is 0 Å². The summed E-state index contributed by atoms with van der Waals surface area (Å²) in [5.41, 5.74) is 6.28. The zero-order valence-corrected chi connectivity index (χ0v) is 17.5. The molecule has 1 aromatic carbocycles. The van der Waals surface area contributed by atoms with Gasteiger partial charge in [0.05, 0.1) is 28.9 Å². The minimum Gasteiger partial charge on any atom is -0.306 e. The molecular formula is C23H27ClN4O. The molecule has 6 heteroatoms. The first-order valence-electron chi connectivity index (χ1n) is 10.7. The lowest BCUT2D eigenvalue weighted by atomic mass is 9.85. The van der Waals surface area contributed by atoms with Gasteiger partial charge >= 0.3 is 0 Å². The number of aromatic nitrogens is 1. The van der Waals surface area contributed by atoms with Crippen LogP contribution in [0.4, 0.5) is 11.5 Å². The molecule has 2 fully saturated rings. The standard InChI is InChI=1S/C23H27ClN4O/c1-15-22-17(14-27(23(15)29)20-9-5-3-7-18(20)24)10-11-21(25-22)26-28-13-12-16-6-2-4-8-19(16)28/h3,5,7,9-11,15-16,19H,2,4,6,8,12-14H2,1H3,(H,25,26). The summed E-state index contributed by atoms with van der Waals surface area (Å²) in [6.45, 7) is 3.51. The number of rotatable bonds is 3. The van der Waals surface area contributed by atoms with Gasteiger partial charge in [0.1, 0.15) is 5.82 Å². The topological polar surface area (TPSA) is 48.5 Å². The summed E-state index contributed by atoms with van der Waals surface area (Å²) in [5.74, 6) is 1.42. The van der Waals surface area contributed by atoms with Gasteiger partial charge < -0.3 is 10.3 Å². The SMILES string of the molecule is CC1C(=O)N(c2ccccc2Cl)Cc2ccc(NN3CCC4CCCCC43)nc21. The monoisotopic (exact) mass is 410 g/mol. The zero-order chi connectivity index (χ0) is 20.0. The minimum absolute atomic E-state index is 0.0452. The fourth-order valence-corrected chi connectivity index (χ4v) is 5.48. The minimum atomic E-state index is -0.294. The first kappa shape index (κ1) is 18.9. The van der Waals surface area contributed by atoms with E-state index in [0.29, 0.717) is 17.6 Å². The predicted molar refractivity (Wildman–Crippen MR) is 116 cm³/mol. The number of hydrogen-bond acceptors (Lipinski definition) is 4. The van der Waals surface area contributed by atoms with Gasteiger partial charge in [-0.25, -0.2) is 9.99 Å². The maximum Gasteiger partial charge on any atom is 0.236 e. The summed E-state index contributed by atoms with van der Waals surface area (Å²) in [7, 11) is 0. The molecule has 1 saturated heterocycles. The molecular weight excluding hydrogens is 384 g/mol. The third kappa shape index (κ3) is 3.40. The van der Waals surface area contributed by atoms with Crippen molar-refractivity contribution >= 4 is 29.0 Å². The van der Waals surface area contributed by atoms with Crippen molar-refractivity contribution in [2.75, 3.05) is 16.9 Å². The molecule has 2 aromatic rings. The van der Waals surface area contributed by atoms with Gasteiger partial charge in [-0.05, 0) is 55.9 Å². The number of hydrazine groups is 1. The molecule has 5 nitrogen and oxygen atoms in total. The maximum atomic E-state index is 13.1. The number of carbonyl (C=O) groups is 1. The van der Waals surface area contributed by atoms with Crippen LogP contribution < -0.4 is 10.3 Å². The lowest BCUT2D eigenvalue weighted by molar-refractivity contribution is -0.120. The quantitative estimate of drug-likeness (QED) is 0.775. The molecule has 1 saturated carbocycles. The predicted octanol–water partition coefficient (Wildman–Crippen LogP) is 4.98. The smallest absolute Gasteiger partial charge is 0.236 e. The van der Waals surface area contributed by atoms with E-state index in [1.54, 1.807) is 4.90 Å². The number of fused-ring (bicyclic) bond motifs is 2. The molecule has 0 radical (unpaired) electrons. The van der Waals surface area contributed by atoms with E-state index in [1.807, 2.05) is 37.3 Å². The first-order chi connectivity index (χ1) is 14.1. The highest BCUT2D eigenvalue weighted by Gasteiger charge is 2.37. The van der Waals surface area contributed by atoms with Crippen LogP contribution in [0.3, 0.4) is 0 Å². The van der Waals surface area contributed by atoms with Crippen molar-refractivity contribution in [2.24, 2.45) is 5.92 Å². The lowest BCUT2D eigenvalue weighted by Gasteiger charge is -2.34. The van der Waals surface area contributed by atoms with Gasteiger partial charge in [0, 0.05) is 12.6 Å². The van der Waals surface area contributed by atoms with Crippen molar-refractivity contribution in [3.63, 3.8) is 0 Å². The Balaban J connectivity index is 1.38. The number of nitrogens with one attached hydrogen (secondary N) is 1. The van der Waals surface area contributed by atoms with Gasteiger partial charge in [0.2, 0.25) is 5.91 Å². The molecule has 5 rings (SSSR count).